The molecule has 23 heavy (non-hydrogen) atoms. The van der Waals surface area contributed by atoms with Gasteiger partial charge in [-0.25, -0.2) is 0 Å². The summed E-state index contributed by atoms with van der Waals surface area (Å²) in [5.74, 6) is -0.719. The summed E-state index contributed by atoms with van der Waals surface area (Å²) in [6, 6.07) is 4.44. The van der Waals surface area contributed by atoms with Crippen molar-refractivity contribution < 1.29 is 14.7 Å². The molecule has 2 rings (SSSR count). The highest BCUT2D eigenvalue weighted by atomic mass is 16.3. The van der Waals surface area contributed by atoms with Gasteiger partial charge in [-0.05, 0) is 19.1 Å². The summed E-state index contributed by atoms with van der Waals surface area (Å²) in [5, 5.41) is 16.8. The Morgan fingerprint density at radius 3 is 2.61 bits per heavy atom. The molecule has 0 aliphatic carbocycles. The van der Waals surface area contributed by atoms with E-state index in [1.165, 1.54) is 24.0 Å². The van der Waals surface area contributed by atoms with Crippen molar-refractivity contribution in [1.29, 1.82) is 0 Å². The van der Waals surface area contributed by atoms with E-state index in [-0.39, 0.29) is 23.1 Å². The summed E-state index contributed by atoms with van der Waals surface area (Å²) >= 11 is 0. The minimum absolute atomic E-state index is 0.170. The van der Waals surface area contributed by atoms with E-state index in [1.54, 1.807) is 17.8 Å². The van der Waals surface area contributed by atoms with E-state index in [9.17, 15) is 14.7 Å². The molecule has 2 amide bonds. The minimum Gasteiger partial charge on any atom is -0.507 e. The van der Waals surface area contributed by atoms with Gasteiger partial charge in [0.25, 0.3) is 5.91 Å². The second-order valence-electron chi connectivity index (χ2n) is 5.49. The second kappa shape index (κ2) is 6.51. The van der Waals surface area contributed by atoms with Crippen molar-refractivity contribution in [3.05, 3.63) is 41.2 Å². The van der Waals surface area contributed by atoms with Crippen molar-refractivity contribution in [2.45, 2.75) is 20.4 Å². The first kappa shape index (κ1) is 16.5. The molecule has 0 saturated heterocycles. The van der Waals surface area contributed by atoms with Crippen molar-refractivity contribution >= 4 is 17.5 Å². The molecule has 2 aromatic rings. The van der Waals surface area contributed by atoms with Crippen LogP contribution in [0, 0.1) is 6.92 Å². The Morgan fingerprint density at radius 2 is 2.09 bits per heavy atom. The first-order valence-electron chi connectivity index (χ1n) is 7.13. The van der Waals surface area contributed by atoms with Crippen molar-refractivity contribution in [2.75, 3.05) is 12.4 Å². The number of aromatic nitrogens is 2. The predicted molar refractivity (Wildman–Crippen MR) is 86.2 cm³/mol. The van der Waals surface area contributed by atoms with Crippen LogP contribution in [0.5, 0.6) is 5.75 Å². The molecule has 0 aliphatic rings. The van der Waals surface area contributed by atoms with E-state index in [4.69, 9.17) is 0 Å². The third-order valence-electron chi connectivity index (χ3n) is 3.42. The van der Waals surface area contributed by atoms with Crippen LogP contribution < -0.4 is 5.32 Å². The van der Waals surface area contributed by atoms with Gasteiger partial charge in [-0.2, -0.15) is 5.10 Å². The third kappa shape index (κ3) is 3.88. The van der Waals surface area contributed by atoms with E-state index in [2.05, 4.69) is 10.4 Å². The lowest BCUT2D eigenvalue weighted by molar-refractivity contribution is -0.114. The summed E-state index contributed by atoms with van der Waals surface area (Å²) in [5.41, 5.74) is 2.43. The van der Waals surface area contributed by atoms with Gasteiger partial charge in [0.1, 0.15) is 5.75 Å². The molecule has 0 unspecified atom stereocenters. The molecule has 0 atom stereocenters. The van der Waals surface area contributed by atoms with Crippen LogP contribution in [0.15, 0.2) is 24.4 Å². The van der Waals surface area contributed by atoms with Gasteiger partial charge in [-0.1, -0.05) is 0 Å². The van der Waals surface area contributed by atoms with Crippen molar-refractivity contribution in [3.8, 4) is 5.75 Å². The number of rotatable bonds is 4. The Bertz CT molecular complexity index is 752. The first-order valence-corrected chi connectivity index (χ1v) is 7.13. The highest BCUT2D eigenvalue weighted by Gasteiger charge is 2.18. The minimum atomic E-state index is -0.305. The van der Waals surface area contributed by atoms with Gasteiger partial charge in [0, 0.05) is 51.1 Å². The maximum atomic E-state index is 12.5. The Balaban J connectivity index is 2.16. The number of nitrogens with one attached hydrogen (secondary N) is 1. The molecule has 1 heterocycles. The molecule has 7 nitrogen and oxygen atoms in total. The number of anilines is 1. The summed E-state index contributed by atoms with van der Waals surface area (Å²) in [6.45, 7) is 3.65. The van der Waals surface area contributed by atoms with Gasteiger partial charge in [0.2, 0.25) is 5.91 Å². The van der Waals surface area contributed by atoms with Crippen LogP contribution >= 0.6 is 0 Å². The number of phenols is 1. The predicted octanol–water partition coefficient (Wildman–Crippen LogP) is 1.66. The Morgan fingerprint density at radius 1 is 1.39 bits per heavy atom. The fraction of sp³-hybridized carbons (Fsp3) is 0.312. The van der Waals surface area contributed by atoms with Crippen LogP contribution in [0.1, 0.15) is 28.5 Å². The number of amides is 2. The molecular weight excluding hydrogens is 296 g/mol. The quantitative estimate of drug-likeness (QED) is 0.898. The van der Waals surface area contributed by atoms with Crippen molar-refractivity contribution in [2.24, 2.45) is 7.05 Å². The van der Waals surface area contributed by atoms with Gasteiger partial charge in [-0.3, -0.25) is 14.3 Å². The van der Waals surface area contributed by atoms with Gasteiger partial charge in [0.15, 0.2) is 0 Å². The van der Waals surface area contributed by atoms with Crippen LogP contribution in [-0.2, 0) is 18.4 Å². The van der Waals surface area contributed by atoms with Crippen LogP contribution in [0.3, 0.4) is 0 Å². The standard InChI is InChI=1S/C16H20N4O3/c1-10-12(9-20(4)18-10)8-19(3)16(23)14-6-5-13(7-15(14)22)17-11(2)21/h5-7,9,22H,8H2,1-4H3,(H,17,21). The number of hydrogen-bond donors (Lipinski definition) is 2. The van der Waals surface area contributed by atoms with Gasteiger partial charge < -0.3 is 15.3 Å². The number of nitrogens with zero attached hydrogens (tertiary/aromatic N) is 3. The van der Waals surface area contributed by atoms with E-state index >= 15 is 0 Å². The number of aryl methyl sites for hydroxylation is 2. The fourth-order valence-electron chi connectivity index (χ4n) is 2.33. The Kier molecular flexibility index (Phi) is 4.68. The molecule has 0 bridgehead atoms. The lowest BCUT2D eigenvalue weighted by Gasteiger charge is -2.18. The summed E-state index contributed by atoms with van der Waals surface area (Å²) in [4.78, 5) is 25.0. The molecule has 0 aliphatic heterocycles. The van der Waals surface area contributed by atoms with Crippen LogP contribution in [0.4, 0.5) is 5.69 Å². The highest BCUT2D eigenvalue weighted by Crippen LogP contribution is 2.24. The zero-order valence-electron chi connectivity index (χ0n) is 13.6. The first-order chi connectivity index (χ1) is 10.8. The largest absolute Gasteiger partial charge is 0.507 e. The molecule has 7 heteroatoms. The van der Waals surface area contributed by atoms with Crippen molar-refractivity contribution in [3.63, 3.8) is 0 Å². The number of hydrogen-bond acceptors (Lipinski definition) is 4. The molecule has 0 fully saturated rings. The smallest absolute Gasteiger partial charge is 0.257 e. The molecule has 2 N–H and O–H groups in total. The zero-order chi connectivity index (χ0) is 17.1. The van der Waals surface area contributed by atoms with Gasteiger partial charge in [0.05, 0.1) is 11.3 Å². The number of aromatic hydroxyl groups is 1. The fourth-order valence-corrected chi connectivity index (χ4v) is 2.33. The Hall–Kier alpha value is -2.83. The number of carbonyl (C=O) groups is 2. The summed E-state index contributed by atoms with van der Waals surface area (Å²) < 4.78 is 1.70. The molecule has 0 radical (unpaired) electrons. The monoisotopic (exact) mass is 316 g/mol. The zero-order valence-corrected chi connectivity index (χ0v) is 13.6. The lowest BCUT2D eigenvalue weighted by atomic mass is 10.1. The average molecular weight is 316 g/mol. The Labute approximate surface area is 134 Å². The number of carbonyl (C=O) groups excluding carboxylic acids is 2. The molecule has 1 aromatic carbocycles. The van der Waals surface area contributed by atoms with Crippen LogP contribution in [0.2, 0.25) is 0 Å². The van der Waals surface area contributed by atoms with Crippen LogP contribution in [-0.4, -0.2) is 38.6 Å². The normalized spacial score (nSPS) is 10.4. The number of benzene rings is 1. The maximum absolute atomic E-state index is 12.5. The van der Waals surface area contributed by atoms with E-state index in [0.29, 0.717) is 12.2 Å². The molecule has 0 saturated carbocycles. The van der Waals surface area contributed by atoms with Gasteiger partial charge >= 0.3 is 0 Å². The highest BCUT2D eigenvalue weighted by molar-refractivity contribution is 5.98. The van der Waals surface area contributed by atoms with E-state index in [0.717, 1.165) is 11.3 Å². The molecular formula is C16H20N4O3. The van der Waals surface area contributed by atoms with Gasteiger partial charge in [-0.15, -0.1) is 0 Å². The molecule has 0 spiro atoms. The van der Waals surface area contributed by atoms with Crippen LogP contribution in [0.25, 0.3) is 0 Å². The lowest BCUT2D eigenvalue weighted by Crippen LogP contribution is -2.26. The topological polar surface area (TPSA) is 87.5 Å². The summed E-state index contributed by atoms with van der Waals surface area (Å²) in [7, 11) is 3.49. The number of phenolic OH excluding ortho intramolecular Hbond substituents is 1. The maximum Gasteiger partial charge on any atom is 0.257 e. The third-order valence-corrected chi connectivity index (χ3v) is 3.42. The second-order valence-corrected chi connectivity index (χ2v) is 5.49. The summed E-state index contributed by atoms with van der Waals surface area (Å²) in [6.07, 6.45) is 1.86. The van der Waals surface area contributed by atoms with E-state index < -0.39 is 0 Å². The van der Waals surface area contributed by atoms with Crippen molar-refractivity contribution in [1.82, 2.24) is 14.7 Å². The molecule has 1 aromatic heterocycles. The SMILES string of the molecule is CC(=O)Nc1ccc(C(=O)N(C)Cc2cn(C)nc2C)c(O)c1. The molecule has 122 valence electrons. The van der Waals surface area contributed by atoms with E-state index in [1.807, 2.05) is 20.2 Å². The average Bonchev–Trinajstić information content (AvgIpc) is 2.75.